The van der Waals surface area contributed by atoms with Crippen LogP contribution in [0.25, 0.3) is 0 Å². The first-order valence-electron chi connectivity index (χ1n) is 8.68. The van der Waals surface area contributed by atoms with Crippen LogP contribution in [0.5, 0.6) is 0 Å². The minimum absolute atomic E-state index is 0.0416. The molecule has 2 aliphatic rings. The summed E-state index contributed by atoms with van der Waals surface area (Å²) >= 11 is 6.25. The minimum atomic E-state index is -0.205. The van der Waals surface area contributed by atoms with Crippen molar-refractivity contribution in [3.8, 4) is 0 Å². The van der Waals surface area contributed by atoms with Crippen molar-refractivity contribution in [1.82, 2.24) is 4.90 Å². The highest BCUT2D eigenvalue weighted by atomic mass is 35.5. The second-order valence-corrected chi connectivity index (χ2v) is 7.14. The van der Waals surface area contributed by atoms with Crippen LogP contribution in [-0.4, -0.2) is 37.0 Å². The lowest BCUT2D eigenvalue weighted by atomic mass is 10.1. The quantitative estimate of drug-likeness (QED) is 0.830. The van der Waals surface area contributed by atoms with Gasteiger partial charge in [0.15, 0.2) is 0 Å². The molecule has 0 radical (unpaired) electrons. The zero-order chi connectivity index (χ0) is 17.4. The Morgan fingerprint density at radius 1 is 1.00 bits per heavy atom. The summed E-state index contributed by atoms with van der Waals surface area (Å²) in [5, 5.41) is 0.743. The Kier molecular flexibility index (Phi) is 4.38. The number of rotatable bonds is 3. The molecule has 0 bridgehead atoms. The van der Waals surface area contributed by atoms with Gasteiger partial charge in [-0.25, -0.2) is 4.39 Å². The van der Waals surface area contributed by atoms with E-state index in [4.69, 9.17) is 11.6 Å². The first-order chi connectivity index (χ1) is 12.1. The molecule has 2 aromatic carbocycles. The SMILES string of the molecule is O=C(C1CC1c1ccccc1Cl)N1CCN(c2ccccc2F)CC1. The molecule has 4 rings (SSSR count). The van der Waals surface area contributed by atoms with Crippen molar-refractivity contribution >= 4 is 23.2 Å². The van der Waals surface area contributed by atoms with Crippen molar-refractivity contribution in [1.29, 1.82) is 0 Å². The third kappa shape index (κ3) is 3.23. The Balaban J connectivity index is 1.37. The number of carbonyl (C=O) groups is 1. The van der Waals surface area contributed by atoms with Crippen LogP contribution < -0.4 is 4.90 Å². The highest BCUT2D eigenvalue weighted by Crippen LogP contribution is 2.50. The summed E-state index contributed by atoms with van der Waals surface area (Å²) in [5.74, 6) is 0.284. The normalized spacial score (nSPS) is 22.8. The number of nitrogens with zero attached hydrogens (tertiary/aromatic N) is 2. The molecule has 0 spiro atoms. The number of piperazine rings is 1. The average molecular weight is 359 g/mol. The number of carbonyl (C=O) groups excluding carboxylic acids is 1. The van der Waals surface area contributed by atoms with Crippen LogP contribution in [0.15, 0.2) is 48.5 Å². The van der Waals surface area contributed by atoms with Gasteiger partial charge in [-0.05, 0) is 36.1 Å². The fourth-order valence-electron chi connectivity index (χ4n) is 3.70. The van der Waals surface area contributed by atoms with Crippen molar-refractivity contribution in [3.05, 3.63) is 64.9 Å². The van der Waals surface area contributed by atoms with Crippen LogP contribution in [-0.2, 0) is 4.79 Å². The van der Waals surface area contributed by atoms with E-state index in [0.29, 0.717) is 31.9 Å². The first kappa shape index (κ1) is 16.4. The predicted octanol–water partition coefficient (Wildman–Crippen LogP) is 3.93. The zero-order valence-electron chi connectivity index (χ0n) is 13.9. The van der Waals surface area contributed by atoms with Gasteiger partial charge in [-0.15, -0.1) is 0 Å². The molecule has 1 heterocycles. The van der Waals surface area contributed by atoms with E-state index in [0.717, 1.165) is 17.0 Å². The molecule has 25 heavy (non-hydrogen) atoms. The van der Waals surface area contributed by atoms with Gasteiger partial charge in [0.2, 0.25) is 5.91 Å². The number of hydrogen-bond acceptors (Lipinski definition) is 2. The van der Waals surface area contributed by atoms with E-state index in [2.05, 4.69) is 0 Å². The number of benzene rings is 2. The lowest BCUT2D eigenvalue weighted by molar-refractivity contribution is -0.132. The topological polar surface area (TPSA) is 23.6 Å². The van der Waals surface area contributed by atoms with E-state index >= 15 is 0 Å². The number of anilines is 1. The van der Waals surface area contributed by atoms with E-state index in [-0.39, 0.29) is 23.6 Å². The predicted molar refractivity (Wildman–Crippen MR) is 97.5 cm³/mol. The molecule has 1 aliphatic carbocycles. The summed E-state index contributed by atoms with van der Waals surface area (Å²) in [5.41, 5.74) is 1.70. The average Bonchev–Trinajstić information content (AvgIpc) is 3.43. The highest BCUT2D eigenvalue weighted by Gasteiger charge is 2.46. The molecular formula is C20H20ClFN2O. The maximum atomic E-state index is 13.9. The Morgan fingerprint density at radius 3 is 2.40 bits per heavy atom. The Hall–Kier alpha value is -2.07. The van der Waals surface area contributed by atoms with Crippen LogP contribution in [0.1, 0.15) is 17.9 Å². The summed E-state index contributed by atoms with van der Waals surface area (Å²) in [7, 11) is 0. The lowest BCUT2D eigenvalue weighted by Crippen LogP contribution is -2.49. The highest BCUT2D eigenvalue weighted by molar-refractivity contribution is 6.31. The second kappa shape index (κ2) is 6.68. The molecule has 2 aromatic rings. The minimum Gasteiger partial charge on any atom is -0.366 e. The molecule has 1 amide bonds. The first-order valence-corrected chi connectivity index (χ1v) is 9.05. The summed E-state index contributed by atoms with van der Waals surface area (Å²) in [6, 6.07) is 14.6. The number of halogens is 2. The number of para-hydroxylation sites is 1. The van der Waals surface area contributed by atoms with Crippen LogP contribution in [0.2, 0.25) is 5.02 Å². The van der Waals surface area contributed by atoms with Gasteiger partial charge in [0.05, 0.1) is 5.69 Å². The van der Waals surface area contributed by atoms with E-state index in [1.165, 1.54) is 6.07 Å². The Bertz CT molecular complexity index is 789. The second-order valence-electron chi connectivity index (χ2n) is 6.73. The standard InChI is InChI=1S/C20H20ClFN2O/c21-17-6-2-1-5-14(17)15-13-16(15)20(25)24-11-9-23(10-12-24)19-8-4-3-7-18(19)22/h1-8,15-16H,9-13H2. The molecule has 2 unspecified atom stereocenters. The van der Waals surface area contributed by atoms with Gasteiger partial charge in [-0.1, -0.05) is 41.9 Å². The monoisotopic (exact) mass is 358 g/mol. The van der Waals surface area contributed by atoms with E-state index in [1.807, 2.05) is 40.1 Å². The molecule has 130 valence electrons. The van der Waals surface area contributed by atoms with Gasteiger partial charge in [0, 0.05) is 37.1 Å². The third-order valence-corrected chi connectivity index (χ3v) is 5.54. The van der Waals surface area contributed by atoms with Crippen LogP contribution in [0.4, 0.5) is 10.1 Å². The van der Waals surface area contributed by atoms with Crippen molar-refractivity contribution < 1.29 is 9.18 Å². The van der Waals surface area contributed by atoms with E-state index in [1.54, 1.807) is 12.1 Å². The summed E-state index contributed by atoms with van der Waals surface area (Å²) in [4.78, 5) is 16.7. The molecular weight excluding hydrogens is 339 g/mol. The molecule has 5 heteroatoms. The van der Waals surface area contributed by atoms with Gasteiger partial charge in [-0.2, -0.15) is 0 Å². The molecule has 0 aromatic heterocycles. The molecule has 2 fully saturated rings. The Morgan fingerprint density at radius 2 is 1.68 bits per heavy atom. The molecule has 1 saturated carbocycles. The molecule has 1 aliphatic heterocycles. The number of hydrogen-bond donors (Lipinski definition) is 0. The van der Waals surface area contributed by atoms with Crippen molar-refractivity contribution in [2.45, 2.75) is 12.3 Å². The molecule has 1 saturated heterocycles. The van der Waals surface area contributed by atoms with Gasteiger partial charge in [0.1, 0.15) is 5.82 Å². The van der Waals surface area contributed by atoms with Crippen molar-refractivity contribution in [2.24, 2.45) is 5.92 Å². The zero-order valence-corrected chi connectivity index (χ0v) is 14.6. The lowest BCUT2D eigenvalue weighted by Gasteiger charge is -2.36. The van der Waals surface area contributed by atoms with Crippen LogP contribution in [0.3, 0.4) is 0 Å². The van der Waals surface area contributed by atoms with Crippen molar-refractivity contribution in [2.75, 3.05) is 31.1 Å². The smallest absolute Gasteiger partial charge is 0.226 e. The molecule has 3 nitrogen and oxygen atoms in total. The Labute approximate surface area is 152 Å². The summed E-state index contributed by atoms with van der Waals surface area (Å²) in [6.45, 7) is 2.60. The van der Waals surface area contributed by atoms with E-state index in [9.17, 15) is 9.18 Å². The largest absolute Gasteiger partial charge is 0.366 e. The maximum Gasteiger partial charge on any atom is 0.226 e. The molecule has 0 N–H and O–H groups in total. The number of amides is 1. The fourth-order valence-corrected chi connectivity index (χ4v) is 3.97. The van der Waals surface area contributed by atoms with Crippen molar-refractivity contribution in [3.63, 3.8) is 0 Å². The van der Waals surface area contributed by atoms with Gasteiger partial charge in [0.25, 0.3) is 0 Å². The molecule has 2 atom stereocenters. The van der Waals surface area contributed by atoms with E-state index < -0.39 is 0 Å². The van der Waals surface area contributed by atoms with Crippen LogP contribution in [0, 0.1) is 11.7 Å². The maximum absolute atomic E-state index is 13.9. The summed E-state index contributed by atoms with van der Waals surface area (Å²) < 4.78 is 13.9. The van der Waals surface area contributed by atoms with Crippen LogP contribution >= 0.6 is 11.6 Å². The fraction of sp³-hybridized carbons (Fsp3) is 0.350. The summed E-state index contributed by atoms with van der Waals surface area (Å²) in [6.07, 6.45) is 0.871. The van der Waals surface area contributed by atoms with Gasteiger partial charge >= 0.3 is 0 Å². The third-order valence-electron chi connectivity index (χ3n) is 5.20. The van der Waals surface area contributed by atoms with Gasteiger partial charge in [-0.3, -0.25) is 4.79 Å². The van der Waals surface area contributed by atoms with Gasteiger partial charge < -0.3 is 9.80 Å².